The third-order valence-electron chi connectivity index (χ3n) is 1.43. The Morgan fingerprint density at radius 3 is 2.58 bits per heavy atom. The van der Waals surface area contributed by atoms with Gasteiger partial charge in [0, 0.05) is 0 Å². The van der Waals surface area contributed by atoms with Crippen LogP contribution in [-0.4, -0.2) is 21.6 Å². The highest BCUT2D eigenvalue weighted by molar-refractivity contribution is 7.12. The molecule has 66 valence electrons. The fraction of sp³-hybridized carbons (Fsp3) is 0.375. The van der Waals surface area contributed by atoms with Gasteiger partial charge in [-0.2, -0.15) is 0 Å². The predicted molar refractivity (Wildman–Crippen MR) is 48.9 cm³/mol. The first-order valence-corrected chi connectivity index (χ1v) is 4.42. The van der Waals surface area contributed by atoms with Crippen molar-refractivity contribution in [2.75, 3.05) is 0 Å². The van der Waals surface area contributed by atoms with E-state index in [4.69, 9.17) is 5.21 Å². The first-order valence-electron chi connectivity index (χ1n) is 3.54. The van der Waals surface area contributed by atoms with E-state index in [0.29, 0.717) is 5.71 Å². The van der Waals surface area contributed by atoms with E-state index in [1.165, 1.54) is 11.3 Å². The summed E-state index contributed by atoms with van der Waals surface area (Å²) in [4.78, 5) is 0.782. The second-order valence-corrected chi connectivity index (χ2v) is 3.93. The topological polar surface area (TPSA) is 52.8 Å². The van der Waals surface area contributed by atoms with Gasteiger partial charge >= 0.3 is 0 Å². The maximum absolute atomic E-state index is 9.57. The molecule has 2 N–H and O–H groups in total. The lowest BCUT2D eigenvalue weighted by atomic mass is 10.0. The van der Waals surface area contributed by atoms with Crippen LogP contribution >= 0.6 is 11.3 Å². The predicted octanol–water partition coefficient (Wildman–Crippen LogP) is 1.70. The van der Waals surface area contributed by atoms with Crippen molar-refractivity contribution in [3.63, 3.8) is 0 Å². The Kier molecular flexibility index (Phi) is 2.49. The minimum absolute atomic E-state index is 0.303. The zero-order chi connectivity index (χ0) is 9.19. The highest BCUT2D eigenvalue weighted by Gasteiger charge is 2.24. The number of nitrogens with zero attached hydrogens (tertiary/aromatic N) is 1. The minimum Gasteiger partial charge on any atom is -0.411 e. The number of hydrogen-bond acceptors (Lipinski definition) is 4. The molecule has 0 aliphatic heterocycles. The van der Waals surface area contributed by atoms with Crippen LogP contribution in [0.4, 0.5) is 0 Å². The number of oxime groups is 1. The molecule has 0 radical (unpaired) electrons. The molecule has 1 rings (SSSR count). The van der Waals surface area contributed by atoms with E-state index in [1.807, 2.05) is 11.4 Å². The van der Waals surface area contributed by atoms with Crippen LogP contribution in [0.15, 0.2) is 22.7 Å². The zero-order valence-corrected chi connectivity index (χ0v) is 7.80. The summed E-state index contributed by atoms with van der Waals surface area (Å²) in [7, 11) is 0. The third kappa shape index (κ3) is 1.84. The fourth-order valence-corrected chi connectivity index (χ4v) is 1.75. The minimum atomic E-state index is -1.10. The first kappa shape index (κ1) is 9.22. The van der Waals surface area contributed by atoms with Crippen molar-refractivity contribution < 1.29 is 10.3 Å². The van der Waals surface area contributed by atoms with E-state index in [2.05, 4.69) is 5.16 Å². The fourth-order valence-electron chi connectivity index (χ4n) is 0.886. The van der Waals surface area contributed by atoms with Gasteiger partial charge in [-0.1, -0.05) is 11.2 Å². The first-order chi connectivity index (χ1) is 5.55. The van der Waals surface area contributed by atoms with Crippen molar-refractivity contribution in [3.05, 3.63) is 22.4 Å². The lowest BCUT2D eigenvalue weighted by molar-refractivity contribution is 0.149. The molecule has 4 heteroatoms. The highest BCUT2D eigenvalue weighted by Crippen LogP contribution is 2.17. The Morgan fingerprint density at radius 2 is 2.25 bits per heavy atom. The largest absolute Gasteiger partial charge is 0.411 e. The van der Waals surface area contributed by atoms with Gasteiger partial charge in [-0.05, 0) is 25.3 Å². The number of hydrogen-bond donors (Lipinski definition) is 2. The van der Waals surface area contributed by atoms with Crippen LogP contribution in [0.3, 0.4) is 0 Å². The molecule has 0 fully saturated rings. The Balaban J connectivity index is 3.01. The summed E-state index contributed by atoms with van der Waals surface area (Å²) in [6.07, 6.45) is 0. The lowest BCUT2D eigenvalue weighted by Gasteiger charge is -2.16. The molecule has 0 saturated heterocycles. The van der Waals surface area contributed by atoms with Gasteiger partial charge < -0.3 is 10.3 Å². The molecule has 1 aromatic rings. The van der Waals surface area contributed by atoms with Gasteiger partial charge in [0.2, 0.25) is 0 Å². The maximum atomic E-state index is 9.57. The monoisotopic (exact) mass is 185 g/mol. The number of rotatable bonds is 2. The van der Waals surface area contributed by atoms with E-state index in [9.17, 15) is 5.11 Å². The summed E-state index contributed by atoms with van der Waals surface area (Å²) in [5, 5.41) is 23.2. The molecule has 12 heavy (non-hydrogen) atoms. The molecule has 0 atom stereocenters. The molecule has 0 aliphatic rings. The average Bonchev–Trinajstić information content (AvgIpc) is 2.38. The van der Waals surface area contributed by atoms with Gasteiger partial charge in [0.15, 0.2) is 0 Å². The quantitative estimate of drug-likeness (QED) is 0.418. The van der Waals surface area contributed by atoms with Crippen molar-refractivity contribution in [1.82, 2.24) is 0 Å². The SMILES string of the molecule is CC(C)(O)C(=NO)c1cccs1. The van der Waals surface area contributed by atoms with Crippen molar-refractivity contribution in [2.45, 2.75) is 19.4 Å². The van der Waals surface area contributed by atoms with Crippen LogP contribution in [0.2, 0.25) is 0 Å². The summed E-state index contributed by atoms with van der Waals surface area (Å²) in [6.45, 7) is 3.17. The van der Waals surface area contributed by atoms with Crippen molar-refractivity contribution in [1.29, 1.82) is 0 Å². The second-order valence-electron chi connectivity index (χ2n) is 2.98. The number of aliphatic hydroxyl groups is 1. The summed E-state index contributed by atoms with van der Waals surface area (Å²) < 4.78 is 0. The van der Waals surface area contributed by atoms with Gasteiger partial charge in [0.05, 0.1) is 4.88 Å². The standard InChI is InChI=1S/C8H11NO2S/c1-8(2,10)7(9-11)6-4-3-5-12-6/h3-5,10-11H,1-2H3. The Bertz CT molecular complexity index is 272. The summed E-state index contributed by atoms with van der Waals surface area (Å²) in [5.41, 5.74) is -0.794. The van der Waals surface area contributed by atoms with Crippen LogP contribution in [0.5, 0.6) is 0 Å². The van der Waals surface area contributed by atoms with Crippen LogP contribution in [-0.2, 0) is 0 Å². The van der Waals surface area contributed by atoms with Gasteiger partial charge in [0.25, 0.3) is 0 Å². The zero-order valence-electron chi connectivity index (χ0n) is 6.98. The van der Waals surface area contributed by atoms with E-state index in [0.717, 1.165) is 4.88 Å². The molecule has 0 spiro atoms. The van der Waals surface area contributed by atoms with Crippen molar-refractivity contribution in [3.8, 4) is 0 Å². The molecule has 1 heterocycles. The molecule has 3 nitrogen and oxygen atoms in total. The summed E-state index contributed by atoms with van der Waals surface area (Å²) >= 11 is 1.43. The van der Waals surface area contributed by atoms with Crippen LogP contribution in [0.1, 0.15) is 18.7 Å². The van der Waals surface area contributed by atoms with Gasteiger partial charge in [0.1, 0.15) is 11.3 Å². The normalized spacial score (nSPS) is 13.4. The molecule has 1 aromatic heterocycles. The highest BCUT2D eigenvalue weighted by atomic mass is 32.1. The Labute approximate surface area is 75.0 Å². The van der Waals surface area contributed by atoms with Crippen LogP contribution in [0.25, 0.3) is 0 Å². The molecular weight excluding hydrogens is 174 g/mol. The molecule has 0 aliphatic carbocycles. The van der Waals surface area contributed by atoms with E-state index >= 15 is 0 Å². The molecule has 0 aromatic carbocycles. The number of thiophene rings is 1. The Hall–Kier alpha value is -0.870. The maximum Gasteiger partial charge on any atom is 0.128 e. The van der Waals surface area contributed by atoms with Gasteiger partial charge in [-0.15, -0.1) is 11.3 Å². The molecular formula is C8H11NO2S. The summed E-state index contributed by atoms with van der Waals surface area (Å²) in [5.74, 6) is 0. The molecule has 0 amide bonds. The van der Waals surface area contributed by atoms with E-state index in [-0.39, 0.29) is 0 Å². The van der Waals surface area contributed by atoms with Crippen molar-refractivity contribution in [2.24, 2.45) is 5.16 Å². The Morgan fingerprint density at radius 1 is 1.58 bits per heavy atom. The van der Waals surface area contributed by atoms with Crippen LogP contribution < -0.4 is 0 Å². The van der Waals surface area contributed by atoms with Gasteiger partial charge in [-0.3, -0.25) is 0 Å². The van der Waals surface area contributed by atoms with Gasteiger partial charge in [-0.25, -0.2) is 0 Å². The smallest absolute Gasteiger partial charge is 0.128 e. The van der Waals surface area contributed by atoms with E-state index in [1.54, 1.807) is 19.9 Å². The third-order valence-corrected chi connectivity index (χ3v) is 2.31. The second kappa shape index (κ2) is 3.25. The lowest BCUT2D eigenvalue weighted by Crippen LogP contribution is -2.31. The molecule has 0 bridgehead atoms. The molecule has 0 saturated carbocycles. The average molecular weight is 185 g/mol. The van der Waals surface area contributed by atoms with Crippen LogP contribution in [0, 0.1) is 0 Å². The summed E-state index contributed by atoms with van der Waals surface area (Å²) in [6, 6.07) is 3.65. The van der Waals surface area contributed by atoms with E-state index < -0.39 is 5.60 Å². The molecule has 0 unspecified atom stereocenters. The van der Waals surface area contributed by atoms with Crippen molar-refractivity contribution >= 4 is 17.0 Å².